The number of hydrogen-bond donors (Lipinski definition) is 0. The van der Waals surface area contributed by atoms with Gasteiger partial charge in [-0.3, -0.25) is 4.35 Å². The number of rotatable bonds is 7. The van der Waals surface area contributed by atoms with Gasteiger partial charge in [0.25, 0.3) is 0 Å². The zero-order valence-corrected chi connectivity index (χ0v) is 17.5. The number of anilines is 2. The topological polar surface area (TPSA) is 21.1 Å². The second kappa shape index (κ2) is 7.05. The van der Waals surface area contributed by atoms with Crippen LogP contribution in [-0.2, 0) is 0 Å². The molecule has 0 spiro atoms. The summed E-state index contributed by atoms with van der Waals surface area (Å²) in [7, 11) is -3.03. The van der Waals surface area contributed by atoms with Gasteiger partial charge in [0.1, 0.15) is 0 Å². The van der Waals surface area contributed by atoms with E-state index in [1.165, 1.54) is 29.5 Å². The summed E-state index contributed by atoms with van der Waals surface area (Å²) in [4.78, 5) is 0. The highest BCUT2D eigenvalue weighted by atomic mass is 28.3. The van der Waals surface area contributed by atoms with E-state index in [1.54, 1.807) is 0 Å². The predicted octanol–water partition coefficient (Wildman–Crippen LogP) is 5.71. The highest BCUT2D eigenvalue weighted by Crippen LogP contribution is 2.37. The maximum Gasteiger partial charge on any atom is 0.176 e. The van der Waals surface area contributed by atoms with Gasteiger partial charge in [0, 0.05) is 11.9 Å². The van der Waals surface area contributed by atoms with Crippen LogP contribution in [0.15, 0.2) is 42.7 Å². The van der Waals surface area contributed by atoms with Gasteiger partial charge in [0.05, 0.1) is 11.9 Å². The van der Waals surface area contributed by atoms with Gasteiger partial charge in [-0.2, -0.15) is 5.10 Å². The van der Waals surface area contributed by atoms with Gasteiger partial charge in [0.2, 0.25) is 0 Å². The Balaban J connectivity index is 2.57. The molecular formula is C18H31N3Si2. The van der Waals surface area contributed by atoms with Crippen molar-refractivity contribution in [1.82, 2.24) is 9.45 Å². The van der Waals surface area contributed by atoms with E-state index in [0.29, 0.717) is 0 Å². The van der Waals surface area contributed by atoms with Crippen molar-refractivity contribution < 1.29 is 0 Å². The van der Waals surface area contributed by atoms with Crippen LogP contribution in [0, 0.1) is 0 Å². The van der Waals surface area contributed by atoms with Gasteiger partial charge in [-0.05, 0) is 49.9 Å². The standard InChI is InChI=1S/C18H31N3Si2/c1-7-23(8-2,9-3)21(17-13-11-10-12-14-17)18-15-19-20(16-18)22(4,5)6/h10-16H,7-9H2,1-6H3. The number of aromatic nitrogens is 2. The molecule has 0 aliphatic heterocycles. The van der Waals surface area contributed by atoms with Crippen LogP contribution >= 0.6 is 0 Å². The van der Waals surface area contributed by atoms with Gasteiger partial charge in [-0.15, -0.1) is 0 Å². The molecule has 0 saturated carbocycles. The first kappa shape index (κ1) is 18.0. The van der Waals surface area contributed by atoms with Crippen molar-refractivity contribution in [2.75, 3.05) is 4.57 Å². The second-order valence-corrected chi connectivity index (χ2v) is 17.1. The van der Waals surface area contributed by atoms with E-state index in [2.05, 4.69) is 92.1 Å². The lowest BCUT2D eigenvalue weighted by Gasteiger charge is -2.42. The highest BCUT2D eigenvalue weighted by Gasteiger charge is 2.37. The average Bonchev–Trinajstić information content (AvgIpc) is 3.03. The Labute approximate surface area is 143 Å². The van der Waals surface area contributed by atoms with E-state index in [-0.39, 0.29) is 0 Å². The third kappa shape index (κ3) is 3.61. The molecule has 1 aromatic heterocycles. The van der Waals surface area contributed by atoms with Crippen molar-refractivity contribution in [2.24, 2.45) is 0 Å². The Bertz CT molecular complexity index is 604. The molecule has 2 rings (SSSR count). The summed E-state index contributed by atoms with van der Waals surface area (Å²) in [5.74, 6) is 0. The zero-order valence-electron chi connectivity index (χ0n) is 15.5. The van der Waals surface area contributed by atoms with Crippen LogP contribution in [-0.4, -0.2) is 25.9 Å². The molecule has 0 fully saturated rings. The fourth-order valence-electron chi connectivity index (χ4n) is 3.29. The lowest BCUT2D eigenvalue weighted by molar-refractivity contribution is 0.934. The minimum absolute atomic E-state index is 1.26. The van der Waals surface area contributed by atoms with Crippen molar-refractivity contribution in [1.29, 1.82) is 0 Å². The van der Waals surface area contributed by atoms with E-state index in [4.69, 9.17) is 5.10 Å². The van der Waals surface area contributed by atoms with E-state index < -0.39 is 16.5 Å². The molecular weight excluding hydrogens is 314 g/mol. The molecule has 0 aliphatic carbocycles. The van der Waals surface area contributed by atoms with Crippen molar-refractivity contribution in [3.05, 3.63) is 42.7 Å². The molecule has 0 saturated heterocycles. The predicted molar refractivity (Wildman–Crippen MR) is 107 cm³/mol. The monoisotopic (exact) mass is 345 g/mol. The van der Waals surface area contributed by atoms with Gasteiger partial charge in [0.15, 0.2) is 16.5 Å². The van der Waals surface area contributed by atoms with Crippen LogP contribution in [0.3, 0.4) is 0 Å². The van der Waals surface area contributed by atoms with E-state index in [1.807, 2.05) is 0 Å². The third-order valence-corrected chi connectivity index (χ3v) is 12.0. The Kier molecular flexibility index (Phi) is 5.52. The Morgan fingerprint density at radius 2 is 1.48 bits per heavy atom. The molecule has 0 amide bonds. The second-order valence-electron chi connectivity index (χ2n) is 7.27. The molecule has 2 aromatic rings. The van der Waals surface area contributed by atoms with Crippen LogP contribution in [0.5, 0.6) is 0 Å². The van der Waals surface area contributed by atoms with Gasteiger partial charge >= 0.3 is 0 Å². The summed E-state index contributed by atoms with van der Waals surface area (Å²) < 4.78 is 4.87. The van der Waals surface area contributed by atoms with Gasteiger partial charge in [-0.25, -0.2) is 0 Å². The van der Waals surface area contributed by atoms with Crippen molar-refractivity contribution in [3.63, 3.8) is 0 Å². The zero-order chi connectivity index (χ0) is 17.1. The van der Waals surface area contributed by atoms with Gasteiger partial charge < -0.3 is 4.57 Å². The lowest BCUT2D eigenvalue weighted by atomic mass is 10.3. The molecule has 1 aromatic carbocycles. The van der Waals surface area contributed by atoms with Crippen LogP contribution in [0.2, 0.25) is 37.8 Å². The highest BCUT2D eigenvalue weighted by molar-refractivity contribution is 6.84. The molecule has 126 valence electrons. The molecule has 0 aliphatic rings. The van der Waals surface area contributed by atoms with Gasteiger partial charge in [-0.1, -0.05) is 39.0 Å². The molecule has 3 nitrogen and oxygen atoms in total. The molecule has 0 bridgehead atoms. The first-order chi connectivity index (χ1) is 10.9. The van der Waals surface area contributed by atoms with Crippen LogP contribution < -0.4 is 4.57 Å². The largest absolute Gasteiger partial charge is 0.366 e. The summed E-state index contributed by atoms with van der Waals surface area (Å²) >= 11 is 0. The molecule has 1 heterocycles. The first-order valence-electron chi connectivity index (χ1n) is 8.78. The number of para-hydroxylation sites is 1. The molecule has 5 heteroatoms. The average molecular weight is 346 g/mol. The number of benzene rings is 1. The molecule has 0 radical (unpaired) electrons. The Morgan fingerprint density at radius 1 is 0.913 bits per heavy atom. The van der Waals surface area contributed by atoms with Crippen molar-refractivity contribution >= 4 is 27.8 Å². The maximum atomic E-state index is 4.71. The van der Waals surface area contributed by atoms with Crippen LogP contribution in [0.4, 0.5) is 11.4 Å². The summed E-state index contributed by atoms with van der Waals surface area (Å²) in [6.07, 6.45) is 4.36. The fraction of sp³-hybridized carbons (Fsp3) is 0.500. The summed E-state index contributed by atoms with van der Waals surface area (Å²) in [6, 6.07) is 14.6. The maximum absolute atomic E-state index is 4.71. The fourth-order valence-corrected chi connectivity index (χ4v) is 8.03. The number of nitrogens with zero attached hydrogens (tertiary/aromatic N) is 3. The minimum Gasteiger partial charge on any atom is -0.366 e. The first-order valence-corrected chi connectivity index (χ1v) is 14.8. The molecule has 0 atom stereocenters. The minimum atomic E-state index is -1.58. The molecule has 23 heavy (non-hydrogen) atoms. The number of hydrogen-bond acceptors (Lipinski definition) is 2. The van der Waals surface area contributed by atoms with E-state index >= 15 is 0 Å². The van der Waals surface area contributed by atoms with Crippen molar-refractivity contribution in [3.8, 4) is 0 Å². The summed E-state index contributed by atoms with van der Waals surface area (Å²) in [5.41, 5.74) is 2.59. The summed E-state index contributed by atoms with van der Waals surface area (Å²) in [5, 5.41) is 4.71. The quantitative estimate of drug-likeness (QED) is 0.599. The van der Waals surface area contributed by atoms with E-state index in [0.717, 1.165) is 0 Å². The SMILES string of the molecule is CC[Si](CC)(CC)N(c1ccccc1)c1cnn([Si](C)(C)C)c1. The lowest BCUT2D eigenvalue weighted by Crippen LogP contribution is -2.49. The van der Waals surface area contributed by atoms with E-state index in [9.17, 15) is 0 Å². The Hall–Kier alpha value is -1.34. The Morgan fingerprint density at radius 3 is 1.91 bits per heavy atom. The normalized spacial score (nSPS) is 12.4. The smallest absolute Gasteiger partial charge is 0.176 e. The van der Waals surface area contributed by atoms with Crippen molar-refractivity contribution in [2.45, 2.75) is 58.5 Å². The van der Waals surface area contributed by atoms with Crippen LogP contribution in [0.1, 0.15) is 20.8 Å². The van der Waals surface area contributed by atoms with Crippen LogP contribution in [0.25, 0.3) is 0 Å². The molecule has 0 unspecified atom stereocenters. The molecule has 0 N–H and O–H groups in total. The summed E-state index contributed by atoms with van der Waals surface area (Å²) in [6.45, 7) is 14.1. The third-order valence-electron chi connectivity index (χ3n) is 4.98.